The number of amides is 1. The van der Waals surface area contributed by atoms with E-state index in [0.717, 1.165) is 16.5 Å². The van der Waals surface area contributed by atoms with Crippen molar-refractivity contribution >= 4 is 21.8 Å². The normalized spacial score (nSPS) is 12.0. The Morgan fingerprint density at radius 1 is 1.53 bits per heavy atom. The molecule has 0 aliphatic carbocycles. The third-order valence-corrected chi connectivity index (χ3v) is 3.25. The van der Waals surface area contributed by atoms with E-state index in [1.807, 2.05) is 32.0 Å². The molecule has 0 bridgehead atoms. The number of hydrogen-bond donors (Lipinski definition) is 1. The van der Waals surface area contributed by atoms with E-state index in [1.165, 1.54) is 0 Å². The van der Waals surface area contributed by atoms with Gasteiger partial charge in [0, 0.05) is 11.0 Å². The number of carbonyl (C=O) groups is 1. The standard InChI is InChI=1S/C13H18BrNO2/c1-4-7-15-13(16)10(3)17-11-5-6-12(14)9(2)8-11/h5-6,8,10H,4,7H2,1-3H3,(H,15,16). The van der Waals surface area contributed by atoms with E-state index in [9.17, 15) is 4.79 Å². The van der Waals surface area contributed by atoms with Gasteiger partial charge in [-0.2, -0.15) is 0 Å². The van der Waals surface area contributed by atoms with Crippen molar-refractivity contribution in [1.82, 2.24) is 5.32 Å². The van der Waals surface area contributed by atoms with Crippen LogP contribution in [0.4, 0.5) is 0 Å². The smallest absolute Gasteiger partial charge is 0.260 e. The van der Waals surface area contributed by atoms with Crippen LogP contribution >= 0.6 is 15.9 Å². The summed E-state index contributed by atoms with van der Waals surface area (Å²) in [5, 5.41) is 2.81. The highest BCUT2D eigenvalue weighted by Crippen LogP contribution is 2.22. The maximum Gasteiger partial charge on any atom is 0.260 e. The predicted octanol–water partition coefficient (Wildman–Crippen LogP) is 3.05. The van der Waals surface area contributed by atoms with E-state index in [-0.39, 0.29) is 5.91 Å². The minimum atomic E-state index is -0.470. The molecule has 0 heterocycles. The Hall–Kier alpha value is -1.03. The van der Waals surface area contributed by atoms with Gasteiger partial charge in [-0.3, -0.25) is 4.79 Å². The van der Waals surface area contributed by atoms with E-state index in [0.29, 0.717) is 12.3 Å². The summed E-state index contributed by atoms with van der Waals surface area (Å²) < 4.78 is 6.61. The Labute approximate surface area is 111 Å². The molecule has 0 saturated carbocycles. The fourth-order valence-electron chi connectivity index (χ4n) is 1.34. The first-order chi connectivity index (χ1) is 8.04. The van der Waals surface area contributed by atoms with E-state index in [4.69, 9.17) is 4.74 Å². The molecule has 1 aromatic carbocycles. The third kappa shape index (κ3) is 4.38. The van der Waals surface area contributed by atoms with Gasteiger partial charge < -0.3 is 10.1 Å². The van der Waals surface area contributed by atoms with Crippen molar-refractivity contribution in [3.8, 4) is 5.75 Å². The monoisotopic (exact) mass is 299 g/mol. The van der Waals surface area contributed by atoms with Crippen LogP contribution in [-0.2, 0) is 4.79 Å². The average Bonchev–Trinajstić information content (AvgIpc) is 2.30. The zero-order valence-electron chi connectivity index (χ0n) is 10.4. The Kier molecular flexibility index (Phi) is 5.48. The minimum absolute atomic E-state index is 0.0765. The van der Waals surface area contributed by atoms with E-state index in [1.54, 1.807) is 6.92 Å². The molecule has 0 radical (unpaired) electrons. The van der Waals surface area contributed by atoms with Crippen molar-refractivity contribution in [2.45, 2.75) is 33.3 Å². The first-order valence-corrected chi connectivity index (χ1v) is 6.54. The molecule has 17 heavy (non-hydrogen) atoms. The van der Waals surface area contributed by atoms with Crippen LogP contribution in [0.2, 0.25) is 0 Å². The second-order valence-corrected chi connectivity index (χ2v) is 4.82. The highest BCUT2D eigenvalue weighted by atomic mass is 79.9. The first-order valence-electron chi connectivity index (χ1n) is 5.75. The number of rotatable bonds is 5. The Morgan fingerprint density at radius 2 is 2.24 bits per heavy atom. The summed E-state index contributed by atoms with van der Waals surface area (Å²) in [6.45, 7) is 6.44. The van der Waals surface area contributed by atoms with Gasteiger partial charge in [-0.25, -0.2) is 0 Å². The molecule has 1 amide bonds. The largest absolute Gasteiger partial charge is 0.481 e. The van der Waals surface area contributed by atoms with Gasteiger partial charge in [-0.15, -0.1) is 0 Å². The first kappa shape index (κ1) is 14.0. The number of hydrogen-bond acceptors (Lipinski definition) is 2. The van der Waals surface area contributed by atoms with Crippen molar-refractivity contribution in [2.24, 2.45) is 0 Å². The summed E-state index contributed by atoms with van der Waals surface area (Å²) in [5.74, 6) is 0.636. The molecule has 1 unspecified atom stereocenters. The van der Waals surface area contributed by atoms with Gasteiger partial charge in [-0.05, 0) is 44.0 Å². The fraction of sp³-hybridized carbons (Fsp3) is 0.462. The van der Waals surface area contributed by atoms with Crippen molar-refractivity contribution < 1.29 is 9.53 Å². The maximum atomic E-state index is 11.6. The van der Waals surface area contributed by atoms with Gasteiger partial charge in [0.15, 0.2) is 6.10 Å². The van der Waals surface area contributed by atoms with Crippen molar-refractivity contribution in [1.29, 1.82) is 0 Å². The number of halogens is 1. The SMILES string of the molecule is CCCNC(=O)C(C)Oc1ccc(Br)c(C)c1. The Morgan fingerprint density at radius 3 is 2.82 bits per heavy atom. The van der Waals surface area contributed by atoms with Crippen LogP contribution in [-0.4, -0.2) is 18.6 Å². The van der Waals surface area contributed by atoms with Crippen molar-refractivity contribution in [3.05, 3.63) is 28.2 Å². The highest BCUT2D eigenvalue weighted by molar-refractivity contribution is 9.10. The molecule has 3 nitrogen and oxygen atoms in total. The average molecular weight is 300 g/mol. The lowest BCUT2D eigenvalue weighted by Gasteiger charge is -2.15. The molecule has 0 spiro atoms. The minimum Gasteiger partial charge on any atom is -0.481 e. The van der Waals surface area contributed by atoms with Crippen molar-refractivity contribution in [3.63, 3.8) is 0 Å². The van der Waals surface area contributed by atoms with E-state index < -0.39 is 6.10 Å². The molecule has 0 saturated heterocycles. The van der Waals surface area contributed by atoms with Crippen LogP contribution in [0.25, 0.3) is 0 Å². The molecule has 1 N–H and O–H groups in total. The fourth-order valence-corrected chi connectivity index (χ4v) is 1.59. The number of benzene rings is 1. The zero-order chi connectivity index (χ0) is 12.8. The number of nitrogens with one attached hydrogen (secondary N) is 1. The summed E-state index contributed by atoms with van der Waals surface area (Å²) in [4.78, 5) is 11.6. The third-order valence-electron chi connectivity index (χ3n) is 2.36. The molecule has 1 aromatic rings. The number of aryl methyl sites for hydroxylation is 1. The van der Waals surface area contributed by atoms with E-state index in [2.05, 4.69) is 21.2 Å². The lowest BCUT2D eigenvalue weighted by atomic mass is 10.2. The Balaban J connectivity index is 2.58. The van der Waals surface area contributed by atoms with Gasteiger partial charge >= 0.3 is 0 Å². The van der Waals surface area contributed by atoms with Crippen LogP contribution in [0, 0.1) is 6.92 Å². The summed E-state index contributed by atoms with van der Waals surface area (Å²) in [6.07, 6.45) is 0.456. The molecule has 94 valence electrons. The number of carbonyl (C=O) groups excluding carboxylic acids is 1. The van der Waals surface area contributed by atoms with Crippen molar-refractivity contribution in [2.75, 3.05) is 6.54 Å². The summed E-state index contributed by atoms with van der Waals surface area (Å²) in [5.41, 5.74) is 1.09. The van der Waals surface area contributed by atoms with Gasteiger partial charge in [0.05, 0.1) is 0 Å². The van der Waals surface area contributed by atoms with Crippen LogP contribution in [0.15, 0.2) is 22.7 Å². The molecule has 0 aliphatic heterocycles. The Bertz CT molecular complexity index is 393. The van der Waals surface area contributed by atoms with Crippen LogP contribution in [0.3, 0.4) is 0 Å². The second-order valence-electron chi connectivity index (χ2n) is 3.96. The highest BCUT2D eigenvalue weighted by Gasteiger charge is 2.13. The molecule has 1 rings (SSSR count). The molecular weight excluding hydrogens is 282 g/mol. The summed E-state index contributed by atoms with van der Waals surface area (Å²) in [7, 11) is 0. The van der Waals surface area contributed by atoms with Gasteiger partial charge in [0.2, 0.25) is 0 Å². The summed E-state index contributed by atoms with van der Waals surface area (Å²) >= 11 is 3.42. The molecule has 4 heteroatoms. The van der Waals surface area contributed by atoms with E-state index >= 15 is 0 Å². The second kappa shape index (κ2) is 6.64. The molecular formula is C13H18BrNO2. The van der Waals surface area contributed by atoms with Gasteiger partial charge in [-0.1, -0.05) is 22.9 Å². The predicted molar refractivity (Wildman–Crippen MR) is 72.3 cm³/mol. The lowest BCUT2D eigenvalue weighted by molar-refractivity contribution is -0.127. The molecule has 0 aromatic heterocycles. The molecule has 0 aliphatic rings. The number of ether oxygens (including phenoxy) is 1. The van der Waals surface area contributed by atoms with Crippen LogP contribution < -0.4 is 10.1 Å². The molecule has 1 atom stereocenters. The quantitative estimate of drug-likeness (QED) is 0.907. The van der Waals surface area contributed by atoms with Gasteiger partial charge in [0.25, 0.3) is 5.91 Å². The maximum absolute atomic E-state index is 11.6. The summed E-state index contributed by atoms with van der Waals surface area (Å²) in [6, 6.07) is 5.68. The van der Waals surface area contributed by atoms with Crippen LogP contribution in [0.1, 0.15) is 25.8 Å². The lowest BCUT2D eigenvalue weighted by Crippen LogP contribution is -2.36. The zero-order valence-corrected chi connectivity index (χ0v) is 12.0. The van der Waals surface area contributed by atoms with Gasteiger partial charge in [0.1, 0.15) is 5.75 Å². The van der Waals surface area contributed by atoms with Crippen LogP contribution in [0.5, 0.6) is 5.75 Å². The molecule has 0 fully saturated rings. The topological polar surface area (TPSA) is 38.3 Å².